The standard InChI is InChI=1S/C13H13Cl2NO3/c1-8(13(17)19-3)4-12(18-2)16-11-6-9(14)5-10(15)7-11/h5-7H,1,4H2,2-3H3. The van der Waals surface area contributed by atoms with Crippen molar-refractivity contribution < 1.29 is 14.3 Å². The highest BCUT2D eigenvalue weighted by Gasteiger charge is 2.11. The molecular weight excluding hydrogens is 289 g/mol. The number of halogens is 2. The van der Waals surface area contributed by atoms with Gasteiger partial charge in [-0.2, -0.15) is 0 Å². The van der Waals surface area contributed by atoms with Crippen LogP contribution >= 0.6 is 23.2 Å². The van der Waals surface area contributed by atoms with Crippen molar-refractivity contribution in [1.29, 1.82) is 0 Å². The van der Waals surface area contributed by atoms with E-state index in [9.17, 15) is 4.79 Å². The van der Waals surface area contributed by atoms with Gasteiger partial charge >= 0.3 is 5.97 Å². The third kappa shape index (κ3) is 4.93. The zero-order valence-corrected chi connectivity index (χ0v) is 12.1. The van der Waals surface area contributed by atoms with Crippen LogP contribution in [0.5, 0.6) is 0 Å². The van der Waals surface area contributed by atoms with E-state index in [1.54, 1.807) is 18.2 Å². The van der Waals surface area contributed by atoms with Crippen molar-refractivity contribution in [3.8, 4) is 0 Å². The molecule has 0 aliphatic carbocycles. The number of hydrogen-bond donors (Lipinski definition) is 0. The van der Waals surface area contributed by atoms with E-state index >= 15 is 0 Å². The van der Waals surface area contributed by atoms with Gasteiger partial charge in [-0.1, -0.05) is 29.8 Å². The summed E-state index contributed by atoms with van der Waals surface area (Å²) in [5.74, 6) is -0.192. The lowest BCUT2D eigenvalue weighted by Gasteiger charge is -2.07. The van der Waals surface area contributed by atoms with Crippen molar-refractivity contribution >= 4 is 40.8 Å². The number of carbonyl (C=O) groups excluding carboxylic acids is 1. The predicted molar refractivity (Wildman–Crippen MR) is 76.3 cm³/mol. The zero-order valence-electron chi connectivity index (χ0n) is 10.6. The van der Waals surface area contributed by atoms with Crippen molar-refractivity contribution in [3.05, 3.63) is 40.4 Å². The summed E-state index contributed by atoms with van der Waals surface area (Å²) in [5, 5.41) is 0.932. The van der Waals surface area contributed by atoms with Crippen molar-refractivity contribution in [2.24, 2.45) is 4.99 Å². The summed E-state index contributed by atoms with van der Waals surface area (Å²) in [6, 6.07) is 4.86. The molecule has 102 valence electrons. The van der Waals surface area contributed by atoms with Crippen molar-refractivity contribution in [1.82, 2.24) is 0 Å². The normalized spacial score (nSPS) is 11.1. The Bertz CT molecular complexity index is 506. The Balaban J connectivity index is 2.92. The Morgan fingerprint density at radius 3 is 2.26 bits per heavy atom. The maximum Gasteiger partial charge on any atom is 0.333 e. The minimum atomic E-state index is -0.506. The molecule has 0 spiro atoms. The Labute approximate surface area is 121 Å². The van der Waals surface area contributed by atoms with E-state index in [-0.39, 0.29) is 12.0 Å². The molecule has 1 aromatic carbocycles. The number of carbonyl (C=O) groups is 1. The molecule has 4 nitrogen and oxygen atoms in total. The van der Waals surface area contributed by atoms with Crippen molar-refractivity contribution in [2.75, 3.05) is 14.2 Å². The first-order valence-corrected chi connectivity index (χ1v) is 6.05. The number of hydrogen-bond acceptors (Lipinski definition) is 4. The zero-order chi connectivity index (χ0) is 14.4. The lowest BCUT2D eigenvalue weighted by molar-refractivity contribution is -0.136. The molecule has 0 aliphatic heterocycles. The van der Waals surface area contributed by atoms with Gasteiger partial charge in [-0.15, -0.1) is 0 Å². The summed E-state index contributed by atoms with van der Waals surface area (Å²) >= 11 is 11.7. The smallest absolute Gasteiger partial charge is 0.333 e. The number of ether oxygens (including phenoxy) is 2. The molecule has 0 heterocycles. The van der Waals surface area contributed by atoms with Gasteiger partial charge in [0.05, 0.1) is 26.3 Å². The molecule has 0 radical (unpaired) electrons. The first kappa shape index (κ1) is 15.5. The quantitative estimate of drug-likeness (QED) is 0.368. The van der Waals surface area contributed by atoms with Crippen LogP contribution in [0.2, 0.25) is 10.0 Å². The second-order valence-corrected chi connectivity index (χ2v) is 4.48. The number of aliphatic imine (C=N–C) groups is 1. The largest absolute Gasteiger partial charge is 0.484 e. The minimum absolute atomic E-state index is 0.146. The SMILES string of the molecule is C=C(CC(=Nc1cc(Cl)cc(Cl)c1)OC)C(=O)OC. The number of rotatable bonds is 4. The summed E-state index contributed by atoms with van der Waals surface area (Å²) < 4.78 is 9.65. The van der Waals surface area contributed by atoms with Crippen LogP contribution in [0.25, 0.3) is 0 Å². The highest BCUT2D eigenvalue weighted by molar-refractivity contribution is 6.35. The molecule has 0 unspecified atom stereocenters. The first-order chi connectivity index (χ1) is 8.96. The summed E-state index contributed by atoms with van der Waals surface area (Å²) in [4.78, 5) is 15.5. The van der Waals surface area contributed by atoms with Gasteiger partial charge in [-0.05, 0) is 18.2 Å². The molecule has 6 heteroatoms. The molecular formula is C13H13Cl2NO3. The van der Waals surface area contributed by atoms with E-state index in [1.165, 1.54) is 14.2 Å². The number of esters is 1. The molecule has 19 heavy (non-hydrogen) atoms. The molecule has 0 aliphatic rings. The summed E-state index contributed by atoms with van der Waals surface area (Å²) in [6.45, 7) is 3.60. The topological polar surface area (TPSA) is 47.9 Å². The molecule has 0 aromatic heterocycles. The van der Waals surface area contributed by atoms with E-state index < -0.39 is 5.97 Å². The van der Waals surface area contributed by atoms with E-state index in [0.29, 0.717) is 21.6 Å². The van der Waals surface area contributed by atoms with Crippen LogP contribution < -0.4 is 0 Å². The maximum absolute atomic E-state index is 11.2. The van der Waals surface area contributed by atoms with Crippen LogP contribution in [0.3, 0.4) is 0 Å². The minimum Gasteiger partial charge on any atom is -0.484 e. The lowest BCUT2D eigenvalue weighted by Crippen LogP contribution is -2.10. The monoisotopic (exact) mass is 301 g/mol. The van der Waals surface area contributed by atoms with Gasteiger partial charge in [0.1, 0.15) is 0 Å². The molecule has 0 amide bonds. The average Bonchev–Trinajstić information content (AvgIpc) is 2.35. The molecule has 0 saturated carbocycles. The highest BCUT2D eigenvalue weighted by Crippen LogP contribution is 2.25. The van der Waals surface area contributed by atoms with Crippen LogP contribution in [-0.4, -0.2) is 26.1 Å². The summed E-state index contributed by atoms with van der Waals surface area (Å²) in [7, 11) is 2.74. The van der Waals surface area contributed by atoms with Gasteiger partial charge in [0, 0.05) is 15.6 Å². The van der Waals surface area contributed by atoms with Gasteiger partial charge in [-0.25, -0.2) is 9.79 Å². The van der Waals surface area contributed by atoms with E-state index in [2.05, 4.69) is 16.3 Å². The van der Waals surface area contributed by atoms with E-state index in [1.807, 2.05) is 0 Å². The molecule has 1 aromatic rings. The molecule has 0 N–H and O–H groups in total. The molecule has 1 rings (SSSR count). The number of nitrogens with zero attached hydrogens (tertiary/aromatic N) is 1. The fraction of sp³-hybridized carbons (Fsp3) is 0.231. The van der Waals surface area contributed by atoms with Crippen molar-refractivity contribution in [2.45, 2.75) is 6.42 Å². The van der Waals surface area contributed by atoms with Gasteiger partial charge in [-0.3, -0.25) is 0 Å². The van der Waals surface area contributed by atoms with E-state index in [0.717, 1.165) is 0 Å². The van der Waals surface area contributed by atoms with Crippen LogP contribution in [0.15, 0.2) is 35.3 Å². The summed E-state index contributed by atoms with van der Waals surface area (Å²) in [5.41, 5.74) is 0.781. The third-order valence-corrected chi connectivity index (χ3v) is 2.61. The summed E-state index contributed by atoms with van der Waals surface area (Å²) in [6.07, 6.45) is 0.146. The molecule has 0 atom stereocenters. The Kier molecular flexibility index (Phi) is 5.86. The van der Waals surface area contributed by atoms with Crippen LogP contribution in [0, 0.1) is 0 Å². The predicted octanol–water partition coefficient (Wildman–Crippen LogP) is 3.79. The van der Waals surface area contributed by atoms with Gasteiger partial charge < -0.3 is 9.47 Å². The average molecular weight is 302 g/mol. The fourth-order valence-corrected chi connectivity index (χ4v) is 1.82. The first-order valence-electron chi connectivity index (χ1n) is 5.30. The second-order valence-electron chi connectivity index (χ2n) is 3.61. The van der Waals surface area contributed by atoms with Gasteiger partial charge in [0.2, 0.25) is 0 Å². The Morgan fingerprint density at radius 1 is 1.21 bits per heavy atom. The maximum atomic E-state index is 11.2. The Hall–Kier alpha value is -1.52. The Morgan fingerprint density at radius 2 is 1.79 bits per heavy atom. The molecule has 0 bridgehead atoms. The van der Waals surface area contributed by atoms with Crippen LogP contribution in [0.1, 0.15) is 6.42 Å². The fourth-order valence-electron chi connectivity index (χ4n) is 1.30. The second kappa shape index (κ2) is 7.16. The van der Waals surface area contributed by atoms with Crippen molar-refractivity contribution in [3.63, 3.8) is 0 Å². The van der Waals surface area contributed by atoms with Crippen LogP contribution in [0.4, 0.5) is 5.69 Å². The number of benzene rings is 1. The van der Waals surface area contributed by atoms with E-state index in [4.69, 9.17) is 27.9 Å². The third-order valence-electron chi connectivity index (χ3n) is 2.18. The van der Waals surface area contributed by atoms with Gasteiger partial charge in [0.15, 0.2) is 5.90 Å². The highest BCUT2D eigenvalue weighted by atomic mass is 35.5. The van der Waals surface area contributed by atoms with Crippen LogP contribution in [-0.2, 0) is 14.3 Å². The number of methoxy groups -OCH3 is 2. The molecule has 0 fully saturated rings. The lowest BCUT2D eigenvalue weighted by atomic mass is 10.2. The van der Waals surface area contributed by atoms with Gasteiger partial charge in [0.25, 0.3) is 0 Å². The molecule has 0 saturated heterocycles.